The molecule has 6 nitrogen and oxygen atoms in total. The van der Waals surface area contributed by atoms with Crippen LogP contribution in [0.3, 0.4) is 0 Å². The van der Waals surface area contributed by atoms with Crippen LogP contribution in [0.2, 0.25) is 0 Å². The van der Waals surface area contributed by atoms with Crippen LogP contribution in [0.1, 0.15) is 22.8 Å². The Morgan fingerprint density at radius 2 is 1.50 bits per heavy atom. The molecule has 2 heterocycles. The Morgan fingerprint density at radius 1 is 0.842 bits per heavy atom. The zero-order valence-electron chi connectivity index (χ0n) is 20.5. The molecule has 0 aromatic heterocycles. The smallest absolute Gasteiger partial charge is 0.424 e. The molecule has 0 fully saturated rings. The molecule has 1 amide bonds. The molecule has 0 radical (unpaired) electrons. The van der Waals surface area contributed by atoms with Crippen molar-refractivity contribution in [2.75, 3.05) is 4.90 Å². The number of anilines is 2. The van der Waals surface area contributed by atoms with E-state index in [0.29, 0.717) is 22.7 Å². The molecule has 0 saturated heterocycles. The minimum absolute atomic E-state index is 0.194. The van der Waals surface area contributed by atoms with Crippen LogP contribution in [0.4, 0.5) is 16.2 Å². The van der Waals surface area contributed by atoms with Gasteiger partial charge in [-0.2, -0.15) is 0 Å². The Kier molecular flexibility index (Phi) is 5.98. The van der Waals surface area contributed by atoms with Crippen molar-refractivity contribution in [3.63, 3.8) is 0 Å². The second kappa shape index (κ2) is 9.75. The third-order valence-electron chi connectivity index (χ3n) is 6.37. The van der Waals surface area contributed by atoms with E-state index in [-0.39, 0.29) is 23.4 Å². The minimum Gasteiger partial charge on any atom is -0.485 e. The van der Waals surface area contributed by atoms with Crippen LogP contribution in [0, 0.1) is 0 Å². The molecular weight excluding hydrogens is 478 g/mol. The van der Waals surface area contributed by atoms with Crippen molar-refractivity contribution in [1.29, 1.82) is 0 Å². The monoisotopic (exact) mass is 501 g/mol. The molecule has 0 saturated carbocycles. The summed E-state index contributed by atoms with van der Waals surface area (Å²) in [5.74, 6) is 1.36. The van der Waals surface area contributed by atoms with Crippen LogP contribution in [-0.2, 0) is 0 Å². The Bertz CT molecular complexity index is 1550. The fourth-order valence-electron chi connectivity index (χ4n) is 4.46. The number of fused-ring (bicyclic) bond motifs is 2. The summed E-state index contributed by atoms with van der Waals surface area (Å²) >= 11 is 0. The van der Waals surface area contributed by atoms with Gasteiger partial charge in [-0.3, -0.25) is 4.79 Å². The number of allylic oxidation sites excluding steroid dienone is 1. The van der Waals surface area contributed by atoms with Crippen LogP contribution < -0.4 is 19.1 Å². The van der Waals surface area contributed by atoms with Gasteiger partial charge in [0.15, 0.2) is 5.76 Å². The first-order valence-corrected chi connectivity index (χ1v) is 12.2. The summed E-state index contributed by atoms with van der Waals surface area (Å²) < 4.78 is 17.6. The molecule has 0 spiro atoms. The van der Waals surface area contributed by atoms with Crippen LogP contribution in [-0.4, -0.2) is 18.0 Å². The quantitative estimate of drug-likeness (QED) is 0.274. The van der Waals surface area contributed by atoms with Gasteiger partial charge in [-0.25, -0.2) is 9.69 Å². The molecule has 4 aromatic rings. The van der Waals surface area contributed by atoms with E-state index in [1.807, 2.05) is 97.9 Å². The van der Waals surface area contributed by atoms with Gasteiger partial charge in [0.1, 0.15) is 23.4 Å². The topological polar surface area (TPSA) is 65.1 Å². The molecule has 4 aromatic carbocycles. The molecule has 38 heavy (non-hydrogen) atoms. The first-order chi connectivity index (χ1) is 18.6. The first-order valence-electron chi connectivity index (χ1n) is 12.2. The highest BCUT2D eigenvalue weighted by Crippen LogP contribution is 2.37. The van der Waals surface area contributed by atoms with E-state index in [2.05, 4.69) is 0 Å². The molecule has 0 aliphatic carbocycles. The van der Waals surface area contributed by atoms with E-state index in [9.17, 15) is 9.59 Å². The number of carbonyl (C=O) groups is 2. The summed E-state index contributed by atoms with van der Waals surface area (Å²) in [7, 11) is 0. The Balaban J connectivity index is 1.25. The number of carbonyl (C=O) groups excluding carboxylic acids is 2. The fraction of sp³-hybridized carbons (Fsp3) is 0.0625. The molecule has 186 valence electrons. The Labute approximate surface area is 220 Å². The lowest BCUT2D eigenvalue weighted by Crippen LogP contribution is -2.29. The molecular formula is C32H23NO5. The average molecular weight is 502 g/mol. The molecule has 6 heteroatoms. The van der Waals surface area contributed by atoms with Crippen molar-refractivity contribution in [2.45, 2.75) is 13.0 Å². The standard InChI is InChI=1S/C32H23NO5/c1-21-23(18-22-10-8-9-15-28(22)36-21)19-30-31(34)27-17-16-26(20-29(27)38-30)37-32(35)33(24-11-4-2-5-12-24)25-13-6-3-7-14-25/h2-21H,1H3/b30-19-/t21-/m0/s1. The number of amides is 1. The fourth-order valence-corrected chi connectivity index (χ4v) is 4.46. The number of hydrogen-bond acceptors (Lipinski definition) is 5. The van der Waals surface area contributed by atoms with E-state index in [0.717, 1.165) is 16.9 Å². The van der Waals surface area contributed by atoms with Gasteiger partial charge in [0.2, 0.25) is 5.78 Å². The summed E-state index contributed by atoms with van der Waals surface area (Å²) in [4.78, 5) is 27.8. The highest BCUT2D eigenvalue weighted by molar-refractivity contribution is 6.12. The molecule has 0 unspecified atom stereocenters. The van der Waals surface area contributed by atoms with Gasteiger partial charge in [0, 0.05) is 11.6 Å². The van der Waals surface area contributed by atoms with Crippen molar-refractivity contribution < 1.29 is 23.8 Å². The number of para-hydroxylation sites is 3. The zero-order chi connectivity index (χ0) is 26.1. The van der Waals surface area contributed by atoms with Crippen molar-refractivity contribution in [2.24, 2.45) is 0 Å². The predicted molar refractivity (Wildman–Crippen MR) is 145 cm³/mol. The van der Waals surface area contributed by atoms with Gasteiger partial charge in [0.05, 0.1) is 16.9 Å². The molecule has 2 aliphatic rings. The third kappa shape index (κ3) is 4.44. The van der Waals surface area contributed by atoms with Gasteiger partial charge in [0.25, 0.3) is 0 Å². The van der Waals surface area contributed by atoms with Crippen molar-refractivity contribution in [3.8, 4) is 17.2 Å². The largest absolute Gasteiger partial charge is 0.485 e. The van der Waals surface area contributed by atoms with E-state index in [1.54, 1.807) is 24.3 Å². The van der Waals surface area contributed by atoms with Gasteiger partial charge in [-0.1, -0.05) is 54.6 Å². The van der Waals surface area contributed by atoms with Gasteiger partial charge in [-0.05, 0) is 67.1 Å². The molecule has 0 bridgehead atoms. The van der Waals surface area contributed by atoms with Crippen LogP contribution in [0.5, 0.6) is 17.2 Å². The number of hydrogen-bond donors (Lipinski definition) is 0. The van der Waals surface area contributed by atoms with E-state index >= 15 is 0 Å². The molecule has 6 rings (SSSR count). The number of benzene rings is 4. The van der Waals surface area contributed by atoms with E-state index in [1.165, 1.54) is 4.90 Å². The maximum Gasteiger partial charge on any atom is 0.424 e. The minimum atomic E-state index is -0.584. The lowest BCUT2D eigenvalue weighted by atomic mass is 10.0. The highest BCUT2D eigenvalue weighted by Gasteiger charge is 2.30. The predicted octanol–water partition coefficient (Wildman–Crippen LogP) is 7.35. The number of ether oxygens (including phenoxy) is 3. The normalized spacial score (nSPS) is 16.6. The number of ketones is 1. The maximum atomic E-state index is 13.3. The second-order valence-corrected chi connectivity index (χ2v) is 8.91. The van der Waals surface area contributed by atoms with Gasteiger partial charge in [-0.15, -0.1) is 0 Å². The van der Waals surface area contributed by atoms with E-state index < -0.39 is 6.09 Å². The number of rotatable bonds is 4. The van der Waals surface area contributed by atoms with Crippen LogP contribution >= 0.6 is 0 Å². The van der Waals surface area contributed by atoms with Crippen molar-refractivity contribution in [3.05, 3.63) is 132 Å². The van der Waals surface area contributed by atoms with Crippen molar-refractivity contribution >= 4 is 29.3 Å². The first kappa shape index (κ1) is 23.3. The zero-order valence-corrected chi connectivity index (χ0v) is 20.5. The van der Waals surface area contributed by atoms with Crippen LogP contribution in [0.25, 0.3) is 6.08 Å². The number of Topliss-reactive ketones (excluding diaryl/α,β-unsaturated/α-hetero) is 1. The SMILES string of the molecule is C[C@@H]1Oc2ccccc2C=C1/C=C1\Oc2cc(OC(=O)N(c3ccccc3)c3ccccc3)ccc2C1=O. The lowest BCUT2D eigenvalue weighted by molar-refractivity contribution is 0.101. The highest BCUT2D eigenvalue weighted by atomic mass is 16.6. The number of nitrogens with zero attached hydrogens (tertiary/aromatic N) is 1. The molecule has 1 atom stereocenters. The lowest BCUT2D eigenvalue weighted by Gasteiger charge is -2.22. The summed E-state index contributed by atoms with van der Waals surface area (Å²) in [6.45, 7) is 1.92. The van der Waals surface area contributed by atoms with E-state index in [4.69, 9.17) is 14.2 Å². The second-order valence-electron chi connectivity index (χ2n) is 8.91. The summed E-state index contributed by atoms with van der Waals surface area (Å²) in [5, 5.41) is 0. The summed E-state index contributed by atoms with van der Waals surface area (Å²) in [6.07, 6.45) is 2.88. The molecule has 0 N–H and O–H groups in total. The van der Waals surface area contributed by atoms with Gasteiger partial charge >= 0.3 is 6.09 Å². The summed E-state index contributed by atoms with van der Waals surface area (Å²) in [6, 6.07) is 31.0. The molecule has 2 aliphatic heterocycles. The average Bonchev–Trinajstić information content (AvgIpc) is 3.24. The van der Waals surface area contributed by atoms with Crippen molar-refractivity contribution in [1.82, 2.24) is 0 Å². The van der Waals surface area contributed by atoms with Gasteiger partial charge < -0.3 is 14.2 Å². The van der Waals surface area contributed by atoms with Crippen LogP contribution in [0.15, 0.2) is 121 Å². The summed E-state index contributed by atoms with van der Waals surface area (Å²) in [5.41, 5.74) is 3.51. The maximum absolute atomic E-state index is 13.3. The Morgan fingerprint density at radius 3 is 2.21 bits per heavy atom. The third-order valence-corrected chi connectivity index (χ3v) is 6.37. The Hall–Kier alpha value is -5.10.